The molecule has 0 aliphatic carbocycles. The molecule has 1 amide bonds. The van der Waals surface area contributed by atoms with Crippen molar-refractivity contribution in [2.24, 2.45) is 0 Å². The van der Waals surface area contributed by atoms with E-state index < -0.39 is 17.6 Å². The average Bonchev–Trinajstić information content (AvgIpc) is 2.41. The largest absolute Gasteiger partial charge is 0.508 e. The highest BCUT2D eigenvalue weighted by Crippen LogP contribution is 2.24. The molecule has 0 radical (unpaired) electrons. The summed E-state index contributed by atoms with van der Waals surface area (Å²) >= 11 is 0. The third-order valence-corrected chi connectivity index (χ3v) is 3.04. The van der Waals surface area contributed by atoms with E-state index >= 15 is 0 Å². The Bertz CT molecular complexity index is 724. The predicted octanol–water partition coefficient (Wildman–Crippen LogP) is 2.36. The lowest BCUT2D eigenvalue weighted by Crippen LogP contribution is -2.13. The van der Waals surface area contributed by atoms with Gasteiger partial charge in [0.05, 0.1) is 0 Å². The lowest BCUT2D eigenvalue weighted by atomic mass is 10.1. The van der Waals surface area contributed by atoms with Crippen LogP contribution >= 0.6 is 0 Å². The molecule has 6 heteroatoms. The summed E-state index contributed by atoms with van der Waals surface area (Å²) in [5, 5.41) is 30.5. The van der Waals surface area contributed by atoms with Gasteiger partial charge in [0, 0.05) is 22.9 Å². The zero-order valence-corrected chi connectivity index (χ0v) is 11.1. The molecular weight excluding hydrogens is 274 g/mol. The molecule has 0 fully saturated rings. The predicted molar refractivity (Wildman–Crippen MR) is 75.9 cm³/mol. The smallest absolute Gasteiger partial charge is 0.339 e. The van der Waals surface area contributed by atoms with Gasteiger partial charge in [-0.05, 0) is 31.2 Å². The summed E-state index contributed by atoms with van der Waals surface area (Å²) in [6.07, 6.45) is 0. The summed E-state index contributed by atoms with van der Waals surface area (Å²) in [6, 6.07) is 8.29. The molecule has 6 nitrogen and oxygen atoms in total. The maximum absolute atomic E-state index is 12.1. The van der Waals surface area contributed by atoms with Gasteiger partial charge < -0.3 is 20.6 Å². The van der Waals surface area contributed by atoms with Crippen molar-refractivity contribution < 1.29 is 24.9 Å². The number of rotatable bonds is 3. The highest BCUT2D eigenvalue weighted by atomic mass is 16.4. The summed E-state index contributed by atoms with van der Waals surface area (Å²) in [5.74, 6) is -2.15. The maximum atomic E-state index is 12.1. The fourth-order valence-electron chi connectivity index (χ4n) is 1.86. The first-order chi connectivity index (χ1) is 9.90. The molecule has 0 aliphatic rings. The topological polar surface area (TPSA) is 107 Å². The molecule has 0 saturated heterocycles. The monoisotopic (exact) mass is 287 g/mol. The highest BCUT2D eigenvalue weighted by Gasteiger charge is 2.14. The molecule has 0 atom stereocenters. The first-order valence-electron chi connectivity index (χ1n) is 6.06. The van der Waals surface area contributed by atoms with Crippen LogP contribution < -0.4 is 5.32 Å². The highest BCUT2D eigenvalue weighted by molar-refractivity contribution is 6.06. The number of carbonyl (C=O) groups is 2. The number of carbonyl (C=O) groups excluding carboxylic acids is 1. The fraction of sp³-hybridized carbons (Fsp3) is 0.0667. The molecule has 2 rings (SSSR count). The number of aromatic hydroxyl groups is 2. The fourth-order valence-corrected chi connectivity index (χ4v) is 1.86. The van der Waals surface area contributed by atoms with Crippen LogP contribution in [0.25, 0.3) is 0 Å². The molecular formula is C15H13NO5. The molecule has 2 aromatic rings. The number of nitrogens with one attached hydrogen (secondary N) is 1. The van der Waals surface area contributed by atoms with Crippen molar-refractivity contribution in [2.45, 2.75) is 6.92 Å². The number of hydrogen-bond acceptors (Lipinski definition) is 4. The molecule has 0 aromatic heterocycles. The van der Waals surface area contributed by atoms with Crippen LogP contribution in [0, 0.1) is 6.92 Å². The Hall–Kier alpha value is -3.02. The Morgan fingerprint density at radius 1 is 1.00 bits per heavy atom. The van der Waals surface area contributed by atoms with E-state index in [1.807, 2.05) is 0 Å². The van der Waals surface area contributed by atoms with E-state index in [-0.39, 0.29) is 22.6 Å². The van der Waals surface area contributed by atoms with Crippen molar-refractivity contribution in [3.05, 3.63) is 53.1 Å². The quantitative estimate of drug-likeness (QED) is 0.693. The van der Waals surface area contributed by atoms with E-state index in [9.17, 15) is 19.8 Å². The van der Waals surface area contributed by atoms with Crippen LogP contribution in [0.1, 0.15) is 26.3 Å². The van der Waals surface area contributed by atoms with Gasteiger partial charge in [-0.15, -0.1) is 0 Å². The molecule has 0 saturated carbocycles. The maximum Gasteiger partial charge on any atom is 0.339 e. The molecule has 0 heterocycles. The van der Waals surface area contributed by atoms with Crippen LogP contribution in [0.3, 0.4) is 0 Å². The van der Waals surface area contributed by atoms with Crippen molar-refractivity contribution in [1.29, 1.82) is 0 Å². The molecule has 108 valence electrons. The minimum absolute atomic E-state index is 0.00622. The molecule has 0 spiro atoms. The van der Waals surface area contributed by atoms with Crippen LogP contribution in [0.15, 0.2) is 36.4 Å². The Balaban J connectivity index is 2.26. The third-order valence-electron chi connectivity index (χ3n) is 3.04. The van der Waals surface area contributed by atoms with Crippen LogP contribution in [-0.4, -0.2) is 27.2 Å². The Morgan fingerprint density at radius 2 is 1.71 bits per heavy atom. The number of carboxylic acids is 1. The number of hydrogen-bond donors (Lipinski definition) is 4. The standard InChI is InChI=1S/C15H13NO5/c1-8-10(3-2-4-12(8)17)14(19)16-9-5-6-11(15(20)21)13(18)7-9/h2-7,17-18H,1H3,(H,16,19)(H,20,21). The van der Waals surface area contributed by atoms with Gasteiger partial charge in [-0.2, -0.15) is 0 Å². The summed E-state index contributed by atoms with van der Waals surface area (Å²) in [5.41, 5.74) is 0.727. The van der Waals surface area contributed by atoms with Gasteiger partial charge in [0.15, 0.2) is 0 Å². The number of phenols is 2. The second-order valence-electron chi connectivity index (χ2n) is 4.44. The van der Waals surface area contributed by atoms with Crippen molar-refractivity contribution in [2.75, 3.05) is 5.32 Å². The zero-order chi connectivity index (χ0) is 15.6. The van der Waals surface area contributed by atoms with Crippen LogP contribution in [0.4, 0.5) is 5.69 Å². The van der Waals surface area contributed by atoms with Gasteiger partial charge in [0.1, 0.15) is 17.1 Å². The van der Waals surface area contributed by atoms with Gasteiger partial charge in [-0.25, -0.2) is 4.79 Å². The Labute approximate surface area is 120 Å². The molecule has 0 bridgehead atoms. The van der Waals surface area contributed by atoms with Crippen molar-refractivity contribution in [1.82, 2.24) is 0 Å². The molecule has 0 aliphatic heterocycles. The van der Waals surface area contributed by atoms with E-state index in [1.165, 1.54) is 18.2 Å². The van der Waals surface area contributed by atoms with E-state index in [1.54, 1.807) is 19.1 Å². The molecule has 2 aromatic carbocycles. The average molecular weight is 287 g/mol. The number of amides is 1. The van der Waals surface area contributed by atoms with E-state index in [2.05, 4.69) is 5.32 Å². The second kappa shape index (κ2) is 5.54. The number of phenolic OH excluding ortho intramolecular Hbond substituents is 1. The lowest BCUT2D eigenvalue weighted by molar-refractivity contribution is 0.0693. The van der Waals surface area contributed by atoms with Gasteiger partial charge >= 0.3 is 5.97 Å². The van der Waals surface area contributed by atoms with E-state index in [0.717, 1.165) is 6.07 Å². The van der Waals surface area contributed by atoms with Crippen molar-refractivity contribution in [3.8, 4) is 11.5 Å². The summed E-state index contributed by atoms with van der Waals surface area (Å²) in [6.45, 7) is 1.61. The van der Waals surface area contributed by atoms with Crippen molar-refractivity contribution in [3.63, 3.8) is 0 Å². The number of benzene rings is 2. The number of anilines is 1. The van der Waals surface area contributed by atoms with Gasteiger partial charge in [0.25, 0.3) is 5.91 Å². The summed E-state index contributed by atoms with van der Waals surface area (Å²) in [7, 11) is 0. The zero-order valence-electron chi connectivity index (χ0n) is 11.1. The third kappa shape index (κ3) is 2.94. The lowest BCUT2D eigenvalue weighted by Gasteiger charge is -2.09. The van der Waals surface area contributed by atoms with Gasteiger partial charge in [-0.3, -0.25) is 4.79 Å². The van der Waals surface area contributed by atoms with Crippen LogP contribution in [-0.2, 0) is 0 Å². The Kier molecular flexibility index (Phi) is 3.80. The Morgan fingerprint density at radius 3 is 2.33 bits per heavy atom. The van der Waals surface area contributed by atoms with Crippen LogP contribution in [0.5, 0.6) is 11.5 Å². The second-order valence-corrected chi connectivity index (χ2v) is 4.44. The summed E-state index contributed by atoms with van der Waals surface area (Å²) < 4.78 is 0. The van der Waals surface area contributed by atoms with Crippen molar-refractivity contribution >= 4 is 17.6 Å². The minimum Gasteiger partial charge on any atom is -0.508 e. The normalized spacial score (nSPS) is 10.1. The molecule has 4 N–H and O–H groups in total. The minimum atomic E-state index is -1.26. The van der Waals surface area contributed by atoms with Crippen LogP contribution in [0.2, 0.25) is 0 Å². The SMILES string of the molecule is Cc1c(O)cccc1C(=O)Nc1ccc(C(=O)O)c(O)c1. The molecule has 21 heavy (non-hydrogen) atoms. The first-order valence-corrected chi connectivity index (χ1v) is 6.06. The van der Waals surface area contributed by atoms with E-state index in [4.69, 9.17) is 5.11 Å². The van der Waals surface area contributed by atoms with Gasteiger partial charge in [-0.1, -0.05) is 6.07 Å². The number of carboxylic acid groups (broad SMARTS) is 1. The van der Waals surface area contributed by atoms with Gasteiger partial charge in [0.2, 0.25) is 0 Å². The molecule has 0 unspecified atom stereocenters. The first kappa shape index (κ1) is 14.4. The van der Waals surface area contributed by atoms with E-state index in [0.29, 0.717) is 5.56 Å². The number of aromatic carboxylic acids is 1. The summed E-state index contributed by atoms with van der Waals surface area (Å²) in [4.78, 5) is 22.9.